The van der Waals surface area contributed by atoms with Crippen molar-refractivity contribution in [1.82, 2.24) is 4.90 Å². The second-order valence-electron chi connectivity index (χ2n) is 6.42. The van der Waals surface area contributed by atoms with Crippen molar-refractivity contribution in [2.45, 2.75) is 20.4 Å². The molecule has 0 saturated heterocycles. The van der Waals surface area contributed by atoms with E-state index in [0.29, 0.717) is 29.9 Å². The van der Waals surface area contributed by atoms with Crippen molar-refractivity contribution in [1.29, 1.82) is 0 Å². The Labute approximate surface area is 168 Å². The first-order valence-corrected chi connectivity index (χ1v) is 8.96. The Morgan fingerprint density at radius 2 is 1.90 bits per heavy atom. The lowest BCUT2D eigenvalue weighted by molar-refractivity contribution is -0.385. The van der Waals surface area contributed by atoms with Crippen molar-refractivity contribution in [2.75, 3.05) is 32.6 Å². The minimum absolute atomic E-state index is 0.0666. The van der Waals surface area contributed by atoms with E-state index in [1.54, 1.807) is 19.1 Å². The Balaban J connectivity index is 2.08. The van der Waals surface area contributed by atoms with Gasteiger partial charge in [-0.2, -0.15) is 0 Å². The number of carbonyl (C=O) groups is 1. The van der Waals surface area contributed by atoms with Crippen molar-refractivity contribution < 1.29 is 23.6 Å². The standard InChI is InChI=1S/C20H24FN3O5/c1-5-23(11-14-6-7-18(28-3)15(21)9-14)12-20(25)22-16-10-19(29-4)17(24(26)27)8-13(16)2/h6-10H,5,11-12H2,1-4H3,(H,22,25). The number of ether oxygens (including phenoxy) is 2. The summed E-state index contributed by atoms with van der Waals surface area (Å²) in [6.45, 7) is 4.59. The van der Waals surface area contributed by atoms with E-state index in [1.165, 1.54) is 32.4 Å². The molecule has 2 aromatic rings. The third kappa shape index (κ3) is 5.64. The van der Waals surface area contributed by atoms with Crippen LogP contribution < -0.4 is 14.8 Å². The highest BCUT2D eigenvalue weighted by atomic mass is 19.1. The smallest absolute Gasteiger partial charge is 0.311 e. The molecule has 1 amide bonds. The van der Waals surface area contributed by atoms with Gasteiger partial charge < -0.3 is 14.8 Å². The molecule has 0 aliphatic rings. The third-order valence-corrected chi connectivity index (χ3v) is 4.43. The van der Waals surface area contributed by atoms with Crippen LogP contribution in [0.25, 0.3) is 0 Å². The van der Waals surface area contributed by atoms with Crippen LogP contribution in [0, 0.1) is 22.9 Å². The summed E-state index contributed by atoms with van der Waals surface area (Å²) in [5.41, 5.74) is 1.53. The zero-order valence-electron chi connectivity index (χ0n) is 16.8. The van der Waals surface area contributed by atoms with Crippen molar-refractivity contribution in [3.8, 4) is 11.5 Å². The SMILES string of the molecule is CCN(CC(=O)Nc1cc(OC)c([N+](=O)[O-])cc1C)Cc1ccc(OC)c(F)c1. The highest BCUT2D eigenvalue weighted by Gasteiger charge is 2.19. The number of nitrogens with one attached hydrogen (secondary N) is 1. The normalized spacial score (nSPS) is 10.7. The fraction of sp³-hybridized carbons (Fsp3) is 0.350. The monoisotopic (exact) mass is 405 g/mol. The number of hydrogen-bond acceptors (Lipinski definition) is 6. The van der Waals surface area contributed by atoms with Gasteiger partial charge in [-0.1, -0.05) is 13.0 Å². The first kappa shape index (κ1) is 22.1. The number of methoxy groups -OCH3 is 2. The number of nitro groups is 1. The summed E-state index contributed by atoms with van der Waals surface area (Å²) < 4.78 is 23.8. The van der Waals surface area contributed by atoms with Gasteiger partial charge in [0.25, 0.3) is 0 Å². The summed E-state index contributed by atoms with van der Waals surface area (Å²) in [5, 5.41) is 13.8. The van der Waals surface area contributed by atoms with Crippen LogP contribution in [-0.2, 0) is 11.3 Å². The maximum absolute atomic E-state index is 13.9. The molecular weight excluding hydrogens is 381 g/mol. The first-order chi connectivity index (χ1) is 13.8. The lowest BCUT2D eigenvalue weighted by atomic mass is 10.1. The molecule has 8 nitrogen and oxygen atoms in total. The minimum atomic E-state index is -0.537. The van der Waals surface area contributed by atoms with Gasteiger partial charge >= 0.3 is 5.69 Å². The van der Waals surface area contributed by atoms with Crippen LogP contribution in [-0.4, -0.2) is 43.0 Å². The van der Waals surface area contributed by atoms with Crippen LogP contribution in [0.2, 0.25) is 0 Å². The number of likely N-dealkylation sites (N-methyl/N-ethyl adjacent to an activating group) is 1. The van der Waals surface area contributed by atoms with Crippen LogP contribution in [0.1, 0.15) is 18.1 Å². The van der Waals surface area contributed by atoms with Gasteiger partial charge in [-0.3, -0.25) is 19.8 Å². The van der Waals surface area contributed by atoms with Crippen molar-refractivity contribution in [2.24, 2.45) is 0 Å². The van der Waals surface area contributed by atoms with Gasteiger partial charge in [0.2, 0.25) is 5.91 Å². The molecule has 9 heteroatoms. The molecule has 0 heterocycles. The molecule has 2 rings (SSSR count). The molecule has 0 spiro atoms. The van der Waals surface area contributed by atoms with Gasteiger partial charge in [-0.15, -0.1) is 0 Å². The molecule has 0 fully saturated rings. The van der Waals surface area contributed by atoms with E-state index in [0.717, 1.165) is 0 Å². The predicted octanol–water partition coefficient (Wildman–Crippen LogP) is 3.52. The van der Waals surface area contributed by atoms with Gasteiger partial charge in [-0.25, -0.2) is 4.39 Å². The van der Waals surface area contributed by atoms with Crippen LogP contribution in [0.4, 0.5) is 15.8 Å². The van der Waals surface area contributed by atoms with E-state index >= 15 is 0 Å². The zero-order chi connectivity index (χ0) is 21.6. The van der Waals surface area contributed by atoms with Gasteiger partial charge in [0.05, 0.1) is 25.7 Å². The second kappa shape index (κ2) is 9.83. The Morgan fingerprint density at radius 1 is 1.21 bits per heavy atom. The Morgan fingerprint density at radius 3 is 2.45 bits per heavy atom. The molecule has 0 saturated carbocycles. The van der Waals surface area contributed by atoms with E-state index in [1.807, 2.05) is 11.8 Å². The molecule has 0 atom stereocenters. The van der Waals surface area contributed by atoms with Gasteiger partial charge in [-0.05, 0) is 36.7 Å². The number of nitrogens with zero attached hydrogens (tertiary/aromatic N) is 2. The van der Waals surface area contributed by atoms with Crippen LogP contribution in [0.3, 0.4) is 0 Å². The average molecular weight is 405 g/mol. The summed E-state index contributed by atoms with van der Waals surface area (Å²) in [5.74, 6) is -0.520. The molecule has 29 heavy (non-hydrogen) atoms. The summed E-state index contributed by atoms with van der Waals surface area (Å²) in [6.07, 6.45) is 0. The van der Waals surface area contributed by atoms with E-state index in [4.69, 9.17) is 9.47 Å². The lowest BCUT2D eigenvalue weighted by Gasteiger charge is -2.20. The Hall–Kier alpha value is -3.20. The van der Waals surface area contributed by atoms with Crippen LogP contribution in [0.5, 0.6) is 11.5 Å². The first-order valence-electron chi connectivity index (χ1n) is 8.96. The highest BCUT2D eigenvalue weighted by molar-refractivity contribution is 5.93. The minimum Gasteiger partial charge on any atom is -0.494 e. The number of halogens is 1. The molecule has 0 bridgehead atoms. The summed E-state index contributed by atoms with van der Waals surface area (Å²) >= 11 is 0. The average Bonchev–Trinajstić information content (AvgIpc) is 2.68. The molecule has 0 unspecified atom stereocenters. The number of rotatable bonds is 9. The lowest BCUT2D eigenvalue weighted by Crippen LogP contribution is -2.33. The van der Waals surface area contributed by atoms with Gasteiger partial charge in [0.1, 0.15) is 0 Å². The van der Waals surface area contributed by atoms with Crippen molar-refractivity contribution >= 4 is 17.3 Å². The number of hydrogen-bond donors (Lipinski definition) is 1. The molecule has 2 aromatic carbocycles. The largest absolute Gasteiger partial charge is 0.494 e. The van der Waals surface area contributed by atoms with Crippen molar-refractivity contribution in [3.63, 3.8) is 0 Å². The highest BCUT2D eigenvalue weighted by Crippen LogP contribution is 2.32. The van der Waals surface area contributed by atoms with Crippen LogP contribution in [0.15, 0.2) is 30.3 Å². The third-order valence-electron chi connectivity index (χ3n) is 4.43. The van der Waals surface area contributed by atoms with E-state index in [2.05, 4.69) is 5.32 Å². The fourth-order valence-electron chi connectivity index (χ4n) is 2.85. The molecule has 1 N–H and O–H groups in total. The van der Waals surface area contributed by atoms with Gasteiger partial charge in [0, 0.05) is 24.4 Å². The molecule has 156 valence electrons. The fourth-order valence-corrected chi connectivity index (χ4v) is 2.85. The summed E-state index contributed by atoms with van der Waals surface area (Å²) in [6, 6.07) is 7.45. The number of benzene rings is 2. The number of aryl methyl sites for hydroxylation is 1. The number of nitro benzene ring substituents is 1. The van der Waals surface area contributed by atoms with E-state index < -0.39 is 10.7 Å². The molecule has 0 aromatic heterocycles. The number of carbonyl (C=O) groups excluding carboxylic acids is 1. The second-order valence-corrected chi connectivity index (χ2v) is 6.42. The number of anilines is 1. The van der Waals surface area contributed by atoms with Crippen molar-refractivity contribution in [3.05, 3.63) is 57.4 Å². The van der Waals surface area contributed by atoms with E-state index in [9.17, 15) is 19.3 Å². The Kier molecular flexibility index (Phi) is 7.49. The Bertz CT molecular complexity index is 904. The predicted molar refractivity (Wildman–Crippen MR) is 107 cm³/mol. The summed E-state index contributed by atoms with van der Waals surface area (Å²) in [4.78, 5) is 24.9. The van der Waals surface area contributed by atoms with Gasteiger partial charge in [0.15, 0.2) is 17.3 Å². The van der Waals surface area contributed by atoms with Crippen LogP contribution >= 0.6 is 0 Å². The maximum atomic E-state index is 13.9. The molecule has 0 aliphatic carbocycles. The topological polar surface area (TPSA) is 93.9 Å². The summed E-state index contributed by atoms with van der Waals surface area (Å²) in [7, 11) is 2.73. The molecule has 0 radical (unpaired) electrons. The van der Waals surface area contributed by atoms with E-state index in [-0.39, 0.29) is 29.6 Å². The maximum Gasteiger partial charge on any atom is 0.311 e. The number of amides is 1. The quantitative estimate of drug-likeness (QED) is 0.507. The zero-order valence-corrected chi connectivity index (χ0v) is 16.8. The molecule has 0 aliphatic heterocycles. The molecular formula is C20H24FN3O5.